The molecule has 1 aromatic rings. The lowest BCUT2D eigenvalue weighted by Crippen LogP contribution is -2.62. The van der Waals surface area contributed by atoms with Gasteiger partial charge in [0.25, 0.3) is 0 Å². The fourth-order valence-electron chi connectivity index (χ4n) is 3.27. The third kappa shape index (κ3) is 3.79. The zero-order chi connectivity index (χ0) is 17.1. The van der Waals surface area contributed by atoms with Gasteiger partial charge in [0.2, 0.25) is 0 Å². The molecular weight excluding hydrogens is 379 g/mol. The van der Waals surface area contributed by atoms with E-state index in [4.69, 9.17) is 9.47 Å². The molecule has 132 valence electrons. The van der Waals surface area contributed by atoms with Crippen molar-refractivity contribution in [1.29, 1.82) is 0 Å². The highest BCUT2D eigenvalue weighted by Gasteiger charge is 2.40. The number of carbonyl (C=O) groups is 1. The zero-order valence-electron chi connectivity index (χ0n) is 13.7. The summed E-state index contributed by atoms with van der Waals surface area (Å²) in [5, 5.41) is 0. The molecule has 2 fully saturated rings. The summed E-state index contributed by atoms with van der Waals surface area (Å²) in [5.74, 6) is -0.688. The second kappa shape index (κ2) is 7.91. The molecule has 0 saturated carbocycles. The average molecular weight is 401 g/mol. The molecule has 0 bridgehead atoms. The maximum Gasteiger partial charge on any atom is 0.328 e. The number of nitrogens with zero attached hydrogens (tertiary/aromatic N) is 2. The Kier molecular flexibility index (Phi) is 5.86. The van der Waals surface area contributed by atoms with Crippen LogP contribution in [0.4, 0.5) is 4.39 Å². The number of benzene rings is 1. The number of hydrogen-bond donors (Lipinski definition) is 0. The van der Waals surface area contributed by atoms with Crippen LogP contribution in [0.25, 0.3) is 0 Å². The van der Waals surface area contributed by atoms with Crippen LogP contribution in [0.5, 0.6) is 0 Å². The van der Waals surface area contributed by atoms with Gasteiger partial charge in [0.1, 0.15) is 11.9 Å². The molecule has 7 heteroatoms. The van der Waals surface area contributed by atoms with E-state index >= 15 is 0 Å². The third-order valence-electron chi connectivity index (χ3n) is 4.59. The fraction of sp³-hybridized carbons (Fsp3) is 0.588. The van der Waals surface area contributed by atoms with Gasteiger partial charge in [0.05, 0.1) is 24.3 Å². The largest absolute Gasteiger partial charge is 0.465 e. The molecule has 1 atom stereocenters. The number of likely N-dealkylation sites (tertiary alicyclic amines) is 1. The van der Waals surface area contributed by atoms with E-state index in [0.29, 0.717) is 22.7 Å². The summed E-state index contributed by atoms with van der Waals surface area (Å²) in [6.07, 6.45) is 0. The summed E-state index contributed by atoms with van der Waals surface area (Å²) in [6, 6.07) is 4.69. The summed E-state index contributed by atoms with van der Waals surface area (Å²) in [5.41, 5.74) is 0.634. The monoisotopic (exact) mass is 400 g/mol. The maximum absolute atomic E-state index is 13.9. The van der Waals surface area contributed by atoms with Crippen molar-refractivity contribution < 1.29 is 18.7 Å². The van der Waals surface area contributed by atoms with Crippen LogP contribution in [-0.4, -0.2) is 67.8 Å². The van der Waals surface area contributed by atoms with E-state index < -0.39 is 6.04 Å². The van der Waals surface area contributed by atoms with Gasteiger partial charge in [-0.3, -0.25) is 9.80 Å². The lowest BCUT2D eigenvalue weighted by molar-refractivity contribution is -0.154. The Balaban J connectivity index is 1.71. The minimum atomic E-state index is -0.551. The Hall–Kier alpha value is -1.02. The lowest BCUT2D eigenvalue weighted by atomic mass is 9.98. The first-order valence-corrected chi connectivity index (χ1v) is 9.07. The quantitative estimate of drug-likeness (QED) is 0.708. The lowest BCUT2D eigenvalue weighted by Gasteiger charge is -2.48. The van der Waals surface area contributed by atoms with E-state index in [9.17, 15) is 9.18 Å². The van der Waals surface area contributed by atoms with Crippen LogP contribution in [0.15, 0.2) is 22.7 Å². The van der Waals surface area contributed by atoms with Crippen molar-refractivity contribution in [3.63, 3.8) is 0 Å². The number of morpholine rings is 1. The van der Waals surface area contributed by atoms with Crippen molar-refractivity contribution in [2.45, 2.75) is 19.0 Å². The average Bonchev–Trinajstić information content (AvgIpc) is 2.54. The highest BCUT2D eigenvalue weighted by atomic mass is 79.9. The van der Waals surface area contributed by atoms with Gasteiger partial charge in [0.15, 0.2) is 0 Å². The van der Waals surface area contributed by atoms with E-state index in [1.165, 1.54) is 6.07 Å². The molecule has 5 nitrogen and oxygen atoms in total. The number of halogens is 2. The molecule has 0 N–H and O–H groups in total. The van der Waals surface area contributed by atoms with Gasteiger partial charge in [-0.1, -0.05) is 6.07 Å². The molecule has 1 aromatic carbocycles. The third-order valence-corrected chi connectivity index (χ3v) is 5.23. The summed E-state index contributed by atoms with van der Waals surface area (Å²) in [7, 11) is 0. The topological polar surface area (TPSA) is 42.0 Å². The minimum absolute atomic E-state index is 0.315. The summed E-state index contributed by atoms with van der Waals surface area (Å²) >= 11 is 3.15. The van der Waals surface area contributed by atoms with Gasteiger partial charge in [-0.15, -0.1) is 0 Å². The first-order chi connectivity index (χ1) is 11.6. The summed E-state index contributed by atoms with van der Waals surface area (Å²) < 4.78 is 24.9. The number of esters is 1. The van der Waals surface area contributed by atoms with E-state index in [2.05, 4.69) is 25.7 Å². The van der Waals surface area contributed by atoms with Crippen LogP contribution in [0.2, 0.25) is 0 Å². The molecule has 0 radical (unpaired) electrons. The molecule has 0 spiro atoms. The van der Waals surface area contributed by atoms with Gasteiger partial charge in [0, 0.05) is 32.2 Å². The first kappa shape index (κ1) is 17.8. The van der Waals surface area contributed by atoms with Gasteiger partial charge in [-0.05, 0) is 40.5 Å². The number of ether oxygens (including phenoxy) is 2. The molecule has 1 unspecified atom stereocenters. The molecule has 0 aliphatic carbocycles. The number of rotatable bonds is 5. The zero-order valence-corrected chi connectivity index (χ0v) is 15.3. The van der Waals surface area contributed by atoms with Crippen LogP contribution in [-0.2, 0) is 14.3 Å². The van der Waals surface area contributed by atoms with Crippen LogP contribution in [0.1, 0.15) is 18.5 Å². The van der Waals surface area contributed by atoms with Crippen LogP contribution in [0, 0.1) is 5.82 Å². The van der Waals surface area contributed by atoms with E-state index in [1.54, 1.807) is 19.1 Å². The highest BCUT2D eigenvalue weighted by Crippen LogP contribution is 2.31. The van der Waals surface area contributed by atoms with E-state index in [1.807, 2.05) is 0 Å². The van der Waals surface area contributed by atoms with Crippen molar-refractivity contribution in [3.8, 4) is 0 Å². The normalized spacial score (nSPS) is 21.3. The predicted octanol–water partition coefficient (Wildman–Crippen LogP) is 2.21. The standard InChI is InChI=1S/C17H22BrFN2O3/c1-2-24-17(22)16(12-3-4-14(18)15(19)9-12)21-10-13(11-21)20-5-7-23-8-6-20/h3-4,9,13,16H,2,5-8,10-11H2,1H3. The number of carbonyl (C=O) groups excluding carboxylic acids is 1. The van der Waals surface area contributed by atoms with Crippen LogP contribution < -0.4 is 0 Å². The summed E-state index contributed by atoms with van der Waals surface area (Å²) in [4.78, 5) is 16.9. The van der Waals surface area contributed by atoms with Crippen molar-refractivity contribution in [2.24, 2.45) is 0 Å². The second-order valence-electron chi connectivity index (χ2n) is 6.08. The second-order valence-corrected chi connectivity index (χ2v) is 6.94. The Morgan fingerprint density at radius 3 is 2.75 bits per heavy atom. The van der Waals surface area contributed by atoms with E-state index in [0.717, 1.165) is 39.4 Å². The molecule has 2 saturated heterocycles. The fourth-order valence-corrected chi connectivity index (χ4v) is 3.52. The SMILES string of the molecule is CCOC(=O)C(c1ccc(Br)c(F)c1)N1CC(N2CCOCC2)C1. The van der Waals surface area contributed by atoms with Gasteiger partial charge in [-0.25, -0.2) is 9.18 Å². The van der Waals surface area contributed by atoms with Crippen molar-refractivity contribution in [3.05, 3.63) is 34.1 Å². The molecule has 2 aliphatic rings. The Labute approximate surface area is 149 Å². The van der Waals surface area contributed by atoms with Crippen molar-refractivity contribution in [1.82, 2.24) is 9.80 Å². The molecule has 24 heavy (non-hydrogen) atoms. The number of hydrogen-bond acceptors (Lipinski definition) is 5. The smallest absolute Gasteiger partial charge is 0.328 e. The maximum atomic E-state index is 13.9. The molecule has 0 aromatic heterocycles. The van der Waals surface area contributed by atoms with Crippen molar-refractivity contribution >= 4 is 21.9 Å². The van der Waals surface area contributed by atoms with E-state index in [-0.39, 0.29) is 11.8 Å². The van der Waals surface area contributed by atoms with Gasteiger partial charge < -0.3 is 9.47 Å². The van der Waals surface area contributed by atoms with Crippen LogP contribution >= 0.6 is 15.9 Å². The van der Waals surface area contributed by atoms with Crippen molar-refractivity contribution in [2.75, 3.05) is 46.0 Å². The molecule has 2 heterocycles. The molecule has 0 amide bonds. The van der Waals surface area contributed by atoms with Crippen LogP contribution in [0.3, 0.4) is 0 Å². The molecular formula is C17H22BrFN2O3. The minimum Gasteiger partial charge on any atom is -0.465 e. The molecule has 2 aliphatic heterocycles. The first-order valence-electron chi connectivity index (χ1n) is 8.27. The summed E-state index contributed by atoms with van der Waals surface area (Å²) in [6.45, 7) is 7.03. The Bertz CT molecular complexity index is 589. The van der Waals surface area contributed by atoms with Gasteiger partial charge in [-0.2, -0.15) is 0 Å². The Morgan fingerprint density at radius 1 is 1.42 bits per heavy atom. The molecule has 3 rings (SSSR count). The van der Waals surface area contributed by atoms with Gasteiger partial charge >= 0.3 is 5.97 Å². The highest BCUT2D eigenvalue weighted by molar-refractivity contribution is 9.10. The predicted molar refractivity (Wildman–Crippen MR) is 91.2 cm³/mol. The Morgan fingerprint density at radius 2 is 2.12 bits per heavy atom.